The molecule has 1 saturated carbocycles. The molecular formula is C11H17NO3. The minimum atomic E-state index is -0.756. The van der Waals surface area contributed by atoms with Gasteiger partial charge in [-0.15, -0.1) is 0 Å². The molecule has 0 spiro atoms. The zero-order valence-electron chi connectivity index (χ0n) is 8.98. The molecule has 15 heavy (non-hydrogen) atoms. The zero-order chi connectivity index (χ0) is 11.0. The van der Waals surface area contributed by atoms with E-state index in [4.69, 9.17) is 5.11 Å². The van der Waals surface area contributed by atoms with Crippen molar-refractivity contribution in [3.8, 4) is 0 Å². The third-order valence-electron chi connectivity index (χ3n) is 3.82. The number of carboxylic acids is 1. The molecule has 1 aliphatic carbocycles. The van der Waals surface area contributed by atoms with E-state index in [1.807, 2.05) is 11.9 Å². The average molecular weight is 211 g/mol. The van der Waals surface area contributed by atoms with Crippen LogP contribution in [-0.2, 0) is 9.59 Å². The van der Waals surface area contributed by atoms with Gasteiger partial charge >= 0.3 is 5.97 Å². The van der Waals surface area contributed by atoms with Gasteiger partial charge in [0.2, 0.25) is 0 Å². The highest BCUT2D eigenvalue weighted by molar-refractivity contribution is 5.80. The second-order valence-corrected chi connectivity index (χ2v) is 4.83. The molecule has 0 aromatic heterocycles. The maximum absolute atomic E-state index is 11.3. The number of ketones is 1. The summed E-state index contributed by atoms with van der Waals surface area (Å²) in [4.78, 5) is 24.2. The minimum absolute atomic E-state index is 0.309. The largest absolute Gasteiger partial charge is 0.480 e. The van der Waals surface area contributed by atoms with Crippen molar-refractivity contribution in [1.82, 2.24) is 4.90 Å². The van der Waals surface area contributed by atoms with Gasteiger partial charge in [-0.25, -0.2) is 0 Å². The Kier molecular flexibility index (Phi) is 2.78. The number of piperidine rings is 1. The van der Waals surface area contributed by atoms with Gasteiger partial charge in [-0.1, -0.05) is 0 Å². The van der Waals surface area contributed by atoms with Crippen molar-refractivity contribution < 1.29 is 14.7 Å². The third kappa shape index (κ3) is 2.04. The number of fused-ring (bicyclic) bond motifs is 1. The van der Waals surface area contributed by atoms with E-state index >= 15 is 0 Å². The zero-order valence-corrected chi connectivity index (χ0v) is 8.98. The summed E-state index contributed by atoms with van der Waals surface area (Å²) in [6, 6.07) is -0.392. The molecule has 2 fully saturated rings. The second kappa shape index (κ2) is 3.93. The van der Waals surface area contributed by atoms with E-state index in [0.717, 1.165) is 13.0 Å². The van der Waals surface area contributed by atoms with Crippen LogP contribution in [0, 0.1) is 11.8 Å². The first kappa shape index (κ1) is 10.6. The Balaban J connectivity index is 2.06. The van der Waals surface area contributed by atoms with E-state index in [0.29, 0.717) is 36.9 Å². The predicted octanol–water partition coefficient (Wildman–Crippen LogP) is 0.760. The van der Waals surface area contributed by atoms with Crippen LogP contribution in [0.4, 0.5) is 0 Å². The molecule has 2 aliphatic rings. The van der Waals surface area contributed by atoms with Crippen molar-refractivity contribution in [1.29, 1.82) is 0 Å². The number of hydrogen-bond donors (Lipinski definition) is 1. The normalized spacial score (nSPS) is 37.4. The van der Waals surface area contributed by atoms with Gasteiger partial charge in [0, 0.05) is 19.4 Å². The lowest BCUT2D eigenvalue weighted by molar-refractivity contribution is -0.147. The first-order valence-electron chi connectivity index (χ1n) is 5.52. The van der Waals surface area contributed by atoms with Gasteiger partial charge < -0.3 is 5.11 Å². The Morgan fingerprint density at radius 1 is 1.47 bits per heavy atom. The van der Waals surface area contributed by atoms with Crippen molar-refractivity contribution in [3.63, 3.8) is 0 Å². The fourth-order valence-electron chi connectivity index (χ4n) is 2.91. The standard InChI is InChI=1S/C11H17NO3/c1-12-6-7-2-3-9(13)4-8(7)5-10(12)11(14)15/h7-8,10H,2-6H2,1H3,(H,14,15)/t7-,8+,10-/m0/s1. The predicted molar refractivity (Wildman–Crippen MR) is 54.5 cm³/mol. The van der Waals surface area contributed by atoms with E-state index in [-0.39, 0.29) is 0 Å². The average Bonchev–Trinajstić information content (AvgIpc) is 2.17. The minimum Gasteiger partial charge on any atom is -0.480 e. The molecule has 2 rings (SSSR count). The summed E-state index contributed by atoms with van der Waals surface area (Å²) in [5, 5.41) is 9.04. The van der Waals surface area contributed by atoms with Crippen molar-refractivity contribution in [2.24, 2.45) is 11.8 Å². The number of hydrogen-bond acceptors (Lipinski definition) is 3. The number of rotatable bonds is 1. The number of likely N-dealkylation sites (N-methyl/N-ethyl adjacent to an activating group) is 1. The number of carbonyl (C=O) groups is 2. The van der Waals surface area contributed by atoms with Crippen LogP contribution in [0.2, 0.25) is 0 Å². The summed E-state index contributed by atoms with van der Waals surface area (Å²) in [6.07, 6.45) is 2.87. The molecule has 0 amide bonds. The Hall–Kier alpha value is -0.900. The maximum Gasteiger partial charge on any atom is 0.320 e. The highest BCUT2D eigenvalue weighted by atomic mass is 16.4. The molecule has 0 bridgehead atoms. The lowest BCUT2D eigenvalue weighted by Crippen LogP contribution is -2.50. The smallest absolute Gasteiger partial charge is 0.320 e. The second-order valence-electron chi connectivity index (χ2n) is 4.83. The first-order chi connectivity index (χ1) is 7.08. The highest BCUT2D eigenvalue weighted by Gasteiger charge is 2.39. The van der Waals surface area contributed by atoms with Crippen molar-refractivity contribution >= 4 is 11.8 Å². The van der Waals surface area contributed by atoms with E-state index in [9.17, 15) is 9.59 Å². The Labute approximate surface area is 89.3 Å². The van der Waals surface area contributed by atoms with Gasteiger partial charge in [-0.3, -0.25) is 14.5 Å². The molecule has 0 radical (unpaired) electrons. The summed E-state index contributed by atoms with van der Waals surface area (Å²) in [7, 11) is 1.87. The summed E-state index contributed by atoms with van der Waals surface area (Å²) in [5.74, 6) is 0.394. The number of nitrogens with zero attached hydrogens (tertiary/aromatic N) is 1. The Morgan fingerprint density at radius 2 is 2.20 bits per heavy atom. The van der Waals surface area contributed by atoms with Gasteiger partial charge in [0.1, 0.15) is 11.8 Å². The summed E-state index contributed by atoms with van der Waals surface area (Å²) in [6.45, 7) is 0.828. The van der Waals surface area contributed by atoms with Gasteiger partial charge in [0.15, 0.2) is 0 Å². The molecular weight excluding hydrogens is 194 g/mol. The molecule has 0 aromatic carbocycles. The van der Waals surface area contributed by atoms with Crippen LogP contribution < -0.4 is 0 Å². The third-order valence-corrected chi connectivity index (χ3v) is 3.82. The lowest BCUT2D eigenvalue weighted by Gasteiger charge is -2.42. The number of aliphatic carboxylic acids is 1. The molecule has 84 valence electrons. The number of carbonyl (C=O) groups excluding carboxylic acids is 1. The SMILES string of the molecule is CN1C[C@@H]2CCC(=O)C[C@@H]2C[C@H]1C(=O)O. The van der Waals surface area contributed by atoms with E-state index in [2.05, 4.69) is 0 Å². The molecule has 4 nitrogen and oxygen atoms in total. The summed E-state index contributed by atoms with van der Waals surface area (Å²) in [5.41, 5.74) is 0. The molecule has 4 heteroatoms. The number of carboxylic acid groups (broad SMARTS) is 1. The quantitative estimate of drug-likeness (QED) is 0.695. The Morgan fingerprint density at radius 3 is 2.87 bits per heavy atom. The van der Waals surface area contributed by atoms with Crippen LogP contribution >= 0.6 is 0 Å². The van der Waals surface area contributed by atoms with Crippen LogP contribution in [0.3, 0.4) is 0 Å². The van der Waals surface area contributed by atoms with Crippen LogP contribution in [0.25, 0.3) is 0 Å². The maximum atomic E-state index is 11.3. The topological polar surface area (TPSA) is 57.6 Å². The van der Waals surface area contributed by atoms with E-state index in [1.54, 1.807) is 0 Å². The van der Waals surface area contributed by atoms with Gasteiger partial charge in [0.25, 0.3) is 0 Å². The van der Waals surface area contributed by atoms with Crippen molar-refractivity contribution in [3.05, 3.63) is 0 Å². The van der Waals surface area contributed by atoms with Gasteiger partial charge in [0.05, 0.1) is 0 Å². The fraction of sp³-hybridized carbons (Fsp3) is 0.818. The molecule has 0 aromatic rings. The fourth-order valence-corrected chi connectivity index (χ4v) is 2.91. The molecule has 1 N–H and O–H groups in total. The lowest BCUT2D eigenvalue weighted by atomic mass is 9.72. The van der Waals surface area contributed by atoms with Gasteiger partial charge in [-0.2, -0.15) is 0 Å². The van der Waals surface area contributed by atoms with Crippen LogP contribution in [-0.4, -0.2) is 41.4 Å². The Bertz CT molecular complexity index is 290. The molecule has 1 heterocycles. The van der Waals surface area contributed by atoms with Crippen molar-refractivity contribution in [2.75, 3.05) is 13.6 Å². The van der Waals surface area contributed by atoms with Crippen molar-refractivity contribution in [2.45, 2.75) is 31.7 Å². The summed E-state index contributed by atoms with van der Waals surface area (Å²) < 4.78 is 0. The molecule has 0 unspecified atom stereocenters. The van der Waals surface area contributed by atoms with Crippen LogP contribution in [0.15, 0.2) is 0 Å². The van der Waals surface area contributed by atoms with Crippen LogP contribution in [0.1, 0.15) is 25.7 Å². The van der Waals surface area contributed by atoms with Crippen LogP contribution in [0.5, 0.6) is 0 Å². The summed E-state index contributed by atoms with van der Waals surface area (Å²) >= 11 is 0. The van der Waals surface area contributed by atoms with Gasteiger partial charge in [-0.05, 0) is 31.7 Å². The molecule has 3 atom stereocenters. The number of Topliss-reactive ketones (excluding diaryl/α,β-unsaturated/α-hetero) is 1. The molecule has 1 saturated heterocycles. The monoisotopic (exact) mass is 211 g/mol. The molecule has 1 aliphatic heterocycles. The van der Waals surface area contributed by atoms with E-state index < -0.39 is 12.0 Å². The first-order valence-corrected chi connectivity index (χ1v) is 5.52. The number of likely N-dealkylation sites (tertiary alicyclic amines) is 1. The van der Waals surface area contributed by atoms with E-state index in [1.165, 1.54) is 0 Å². The highest BCUT2D eigenvalue weighted by Crippen LogP contribution is 2.36.